The van der Waals surface area contributed by atoms with Crippen LogP contribution < -0.4 is 19.8 Å². The molecule has 14 heteroatoms. The molecule has 1 saturated heterocycles. The Morgan fingerprint density at radius 2 is 1.66 bits per heavy atom. The zero-order valence-electron chi connectivity index (χ0n) is 22.6. The molecule has 0 spiro atoms. The van der Waals surface area contributed by atoms with Crippen LogP contribution in [0.5, 0.6) is 5.75 Å². The number of anilines is 2. The fraction of sp³-hybridized carbons (Fsp3) is 0.200. The maximum absolute atomic E-state index is 14.0. The number of nitrogens with one attached hydrogen (secondary N) is 1. The third-order valence-corrected chi connectivity index (χ3v) is 10.3. The molecule has 1 fully saturated rings. The molecule has 6 rings (SSSR count). The van der Waals surface area contributed by atoms with Gasteiger partial charge in [-0.2, -0.15) is 13.2 Å². The SMILES string of the molecule is COc1ccccc1C1c2sc(=O)n(CC(=O)Nc3ccccc3C(F)(F)F)c2SC2C(=O)N(c3ccc(Cl)cc3)C(=O)C21. The highest BCUT2D eigenvalue weighted by molar-refractivity contribution is 8.00. The van der Waals surface area contributed by atoms with E-state index in [0.717, 1.165) is 44.7 Å². The van der Waals surface area contributed by atoms with Gasteiger partial charge in [-0.3, -0.25) is 23.7 Å². The van der Waals surface area contributed by atoms with E-state index in [1.54, 1.807) is 48.5 Å². The zero-order valence-corrected chi connectivity index (χ0v) is 25.0. The van der Waals surface area contributed by atoms with E-state index >= 15 is 0 Å². The van der Waals surface area contributed by atoms with E-state index in [9.17, 15) is 32.3 Å². The topological polar surface area (TPSA) is 97.7 Å². The van der Waals surface area contributed by atoms with E-state index < -0.39 is 63.7 Å². The minimum atomic E-state index is -4.71. The van der Waals surface area contributed by atoms with E-state index in [0.29, 0.717) is 26.9 Å². The summed E-state index contributed by atoms with van der Waals surface area (Å²) in [5, 5.41) is 2.01. The number of thioether (sulfide) groups is 1. The third kappa shape index (κ3) is 5.18. The lowest BCUT2D eigenvalue weighted by molar-refractivity contribution is -0.137. The predicted octanol–water partition coefficient (Wildman–Crippen LogP) is 6.03. The monoisotopic (exact) mass is 659 g/mol. The Hall–Kier alpha value is -4.07. The number of methoxy groups -OCH3 is 1. The number of ether oxygens (including phenoxy) is 1. The predicted molar refractivity (Wildman–Crippen MR) is 161 cm³/mol. The molecule has 3 aromatic carbocycles. The first-order valence-corrected chi connectivity index (χ1v) is 15.2. The number of para-hydroxylation sites is 2. The summed E-state index contributed by atoms with van der Waals surface area (Å²) in [5.41, 5.74) is -0.569. The summed E-state index contributed by atoms with van der Waals surface area (Å²) in [6.45, 7) is -0.608. The number of halogens is 4. The first-order chi connectivity index (χ1) is 21.0. The van der Waals surface area contributed by atoms with E-state index in [2.05, 4.69) is 5.32 Å². The number of thiazole rings is 1. The molecule has 0 radical (unpaired) electrons. The minimum absolute atomic E-state index is 0.288. The van der Waals surface area contributed by atoms with Crippen LogP contribution in [-0.4, -0.2) is 34.6 Å². The summed E-state index contributed by atoms with van der Waals surface area (Å²) >= 11 is 7.83. The molecule has 3 atom stereocenters. The number of hydrogen-bond donors (Lipinski definition) is 1. The molecular formula is C30H21ClF3N3O5S2. The number of carbonyl (C=O) groups is 3. The third-order valence-electron chi connectivity index (χ3n) is 7.42. The van der Waals surface area contributed by atoms with Crippen LogP contribution in [-0.2, 0) is 27.1 Å². The standard InChI is InChI=1S/C30H21ClF3N3O5S2/c1-42-20-9-5-2-6-17(20)22-23-24(27(40)37(26(23)39)16-12-10-15(31)11-13-16)43-28-25(22)44-29(41)36(28)14-21(38)35-19-8-4-3-7-18(19)30(32,33)34/h2-13,22-24H,14H2,1H3,(H,35,38). The molecular weight excluding hydrogens is 639 g/mol. The molecule has 3 unspecified atom stereocenters. The second-order valence-electron chi connectivity index (χ2n) is 9.99. The summed E-state index contributed by atoms with van der Waals surface area (Å²) in [7, 11) is 1.47. The molecule has 4 aromatic rings. The summed E-state index contributed by atoms with van der Waals surface area (Å²) in [4.78, 5) is 55.2. The number of hydrogen-bond acceptors (Lipinski definition) is 7. The lowest BCUT2D eigenvalue weighted by Crippen LogP contribution is -2.33. The Morgan fingerprint density at radius 3 is 2.36 bits per heavy atom. The van der Waals surface area contributed by atoms with Crippen LogP contribution >= 0.6 is 34.7 Å². The number of benzene rings is 3. The van der Waals surface area contributed by atoms with Gasteiger partial charge in [0.05, 0.1) is 35.0 Å². The smallest absolute Gasteiger partial charge is 0.418 e. The van der Waals surface area contributed by atoms with Gasteiger partial charge < -0.3 is 10.1 Å². The van der Waals surface area contributed by atoms with Gasteiger partial charge in [0.25, 0.3) is 0 Å². The van der Waals surface area contributed by atoms with Crippen LogP contribution in [0.15, 0.2) is 82.6 Å². The Balaban J connectivity index is 1.42. The summed E-state index contributed by atoms with van der Waals surface area (Å²) < 4.78 is 47.3. The molecule has 3 heterocycles. The molecule has 2 aliphatic heterocycles. The summed E-state index contributed by atoms with van der Waals surface area (Å²) in [6, 6.07) is 17.7. The van der Waals surface area contributed by atoms with Crippen molar-refractivity contribution in [3.05, 3.63) is 103 Å². The lowest BCUT2D eigenvalue weighted by atomic mass is 9.82. The number of amides is 3. The highest BCUT2D eigenvalue weighted by Gasteiger charge is 2.57. The fourth-order valence-corrected chi connectivity index (χ4v) is 8.42. The molecule has 3 amide bonds. The van der Waals surface area contributed by atoms with E-state index in [1.165, 1.54) is 19.2 Å². The molecule has 2 aliphatic rings. The van der Waals surface area contributed by atoms with Crippen molar-refractivity contribution in [3.8, 4) is 5.75 Å². The molecule has 1 N–H and O–H groups in total. The highest BCUT2D eigenvalue weighted by Crippen LogP contribution is 2.55. The molecule has 0 bridgehead atoms. The summed E-state index contributed by atoms with van der Waals surface area (Å²) in [5.74, 6) is -3.09. The highest BCUT2D eigenvalue weighted by atomic mass is 35.5. The second kappa shape index (κ2) is 11.5. The van der Waals surface area contributed by atoms with Crippen LogP contribution in [0.25, 0.3) is 0 Å². The van der Waals surface area contributed by atoms with E-state index in [-0.39, 0.29) is 5.03 Å². The van der Waals surface area contributed by atoms with Gasteiger partial charge in [-0.05, 0) is 42.5 Å². The number of nitrogens with zero attached hydrogens (tertiary/aromatic N) is 2. The van der Waals surface area contributed by atoms with Gasteiger partial charge in [0.1, 0.15) is 17.5 Å². The number of aromatic nitrogens is 1. The number of carbonyl (C=O) groups excluding carboxylic acids is 3. The maximum atomic E-state index is 14.0. The van der Waals surface area contributed by atoms with Crippen LogP contribution in [0, 0.1) is 5.92 Å². The quantitative estimate of drug-likeness (QED) is 0.254. The van der Waals surface area contributed by atoms with Crippen LogP contribution in [0.4, 0.5) is 24.5 Å². The second-order valence-corrected chi connectivity index (χ2v) is 12.5. The Kier molecular flexibility index (Phi) is 7.80. The van der Waals surface area contributed by atoms with Gasteiger partial charge >= 0.3 is 11.0 Å². The lowest BCUT2D eigenvalue weighted by Gasteiger charge is -2.31. The number of imide groups is 1. The zero-order chi connectivity index (χ0) is 31.3. The largest absolute Gasteiger partial charge is 0.496 e. The number of alkyl halides is 3. The van der Waals surface area contributed by atoms with E-state index in [4.69, 9.17) is 16.3 Å². The van der Waals surface area contributed by atoms with Crippen molar-refractivity contribution in [2.75, 3.05) is 17.3 Å². The average Bonchev–Trinajstić information content (AvgIpc) is 3.43. The average molecular weight is 660 g/mol. The van der Waals surface area contributed by atoms with Gasteiger partial charge in [0.2, 0.25) is 17.7 Å². The van der Waals surface area contributed by atoms with Crippen molar-refractivity contribution in [2.45, 2.75) is 28.9 Å². The van der Waals surface area contributed by atoms with Crippen molar-refractivity contribution < 1.29 is 32.3 Å². The van der Waals surface area contributed by atoms with Gasteiger partial charge in [0.15, 0.2) is 0 Å². The van der Waals surface area contributed by atoms with E-state index in [1.807, 2.05) is 0 Å². The van der Waals surface area contributed by atoms with Crippen LogP contribution in [0.1, 0.15) is 21.9 Å². The van der Waals surface area contributed by atoms with Crippen molar-refractivity contribution in [1.29, 1.82) is 0 Å². The van der Waals surface area contributed by atoms with Crippen molar-refractivity contribution in [2.24, 2.45) is 5.92 Å². The Bertz CT molecular complexity index is 1860. The Morgan fingerprint density at radius 1 is 0.977 bits per heavy atom. The molecule has 1 aromatic heterocycles. The molecule has 226 valence electrons. The maximum Gasteiger partial charge on any atom is 0.418 e. The van der Waals surface area contributed by atoms with Crippen molar-refractivity contribution in [3.63, 3.8) is 0 Å². The number of rotatable bonds is 6. The normalized spacial score (nSPS) is 19.5. The first kappa shape index (κ1) is 30.0. The minimum Gasteiger partial charge on any atom is -0.496 e. The number of fused-ring (bicyclic) bond motifs is 2. The summed E-state index contributed by atoms with van der Waals surface area (Å²) in [6.07, 6.45) is -4.71. The van der Waals surface area contributed by atoms with Gasteiger partial charge in [0, 0.05) is 21.4 Å². The molecule has 8 nitrogen and oxygen atoms in total. The molecule has 44 heavy (non-hydrogen) atoms. The van der Waals surface area contributed by atoms with Crippen molar-refractivity contribution in [1.82, 2.24) is 4.57 Å². The van der Waals surface area contributed by atoms with Gasteiger partial charge in [-0.1, -0.05) is 65.0 Å². The first-order valence-electron chi connectivity index (χ1n) is 13.1. The van der Waals surface area contributed by atoms with Crippen LogP contribution in [0.3, 0.4) is 0 Å². The van der Waals surface area contributed by atoms with Gasteiger partial charge in [-0.25, -0.2) is 4.90 Å². The molecule has 0 aliphatic carbocycles. The Labute approximate surface area is 261 Å². The van der Waals surface area contributed by atoms with Crippen LogP contribution in [0.2, 0.25) is 5.02 Å². The molecule has 0 saturated carbocycles. The fourth-order valence-electron chi connectivity index (χ4n) is 5.53. The van der Waals surface area contributed by atoms with Crippen molar-refractivity contribution >= 4 is 63.8 Å². The van der Waals surface area contributed by atoms with Gasteiger partial charge in [-0.15, -0.1) is 0 Å².